The Morgan fingerprint density at radius 2 is 2.06 bits per heavy atom. The summed E-state index contributed by atoms with van der Waals surface area (Å²) in [5.74, 6) is 0.895. The summed E-state index contributed by atoms with van der Waals surface area (Å²) in [6.45, 7) is 5.12. The van der Waals surface area contributed by atoms with Crippen LogP contribution >= 0.6 is 0 Å². The Morgan fingerprint density at radius 3 is 2.71 bits per heavy atom. The van der Waals surface area contributed by atoms with Gasteiger partial charge in [0.15, 0.2) is 0 Å². The van der Waals surface area contributed by atoms with Crippen LogP contribution in [0.3, 0.4) is 0 Å². The molecular weight excluding hydrogens is 212 g/mol. The van der Waals surface area contributed by atoms with Crippen LogP contribution in [0.2, 0.25) is 0 Å². The van der Waals surface area contributed by atoms with Gasteiger partial charge in [-0.1, -0.05) is 0 Å². The summed E-state index contributed by atoms with van der Waals surface area (Å²) in [5.41, 5.74) is 6.95. The monoisotopic (exact) mass is 232 g/mol. The summed E-state index contributed by atoms with van der Waals surface area (Å²) in [5, 5.41) is 1.20. The van der Waals surface area contributed by atoms with Gasteiger partial charge >= 0.3 is 0 Å². The van der Waals surface area contributed by atoms with E-state index in [1.165, 1.54) is 10.9 Å². The highest BCUT2D eigenvalue weighted by Crippen LogP contribution is 2.28. The Morgan fingerprint density at radius 1 is 1.29 bits per heavy atom. The van der Waals surface area contributed by atoms with Crippen molar-refractivity contribution in [2.75, 3.05) is 13.7 Å². The van der Waals surface area contributed by atoms with Gasteiger partial charge in [-0.05, 0) is 51.1 Å². The van der Waals surface area contributed by atoms with Crippen molar-refractivity contribution >= 4 is 10.9 Å². The Kier molecular flexibility index (Phi) is 3.11. The first-order valence-corrected chi connectivity index (χ1v) is 5.94. The number of benzene rings is 1. The fourth-order valence-corrected chi connectivity index (χ4v) is 2.25. The lowest BCUT2D eigenvalue weighted by atomic mass is 10.0. The molecule has 1 heterocycles. The Hall–Kier alpha value is -1.48. The molecule has 0 aliphatic carbocycles. The molecule has 92 valence electrons. The number of rotatable bonds is 4. The van der Waals surface area contributed by atoms with Crippen molar-refractivity contribution in [3.8, 4) is 5.75 Å². The van der Waals surface area contributed by atoms with Crippen LogP contribution < -0.4 is 10.5 Å². The molecule has 3 nitrogen and oxygen atoms in total. The third kappa shape index (κ3) is 2.15. The standard InChI is InChI=1S/C14H20N2O/c1-14(2,7-8-15)16-9-6-11-10-12(17-3)4-5-13(11)16/h4-6,9-10H,7-8,15H2,1-3H3. The van der Waals surface area contributed by atoms with E-state index in [1.807, 2.05) is 6.07 Å². The zero-order valence-corrected chi connectivity index (χ0v) is 10.7. The smallest absolute Gasteiger partial charge is 0.119 e. The lowest BCUT2D eigenvalue weighted by Crippen LogP contribution is -2.28. The van der Waals surface area contributed by atoms with Gasteiger partial charge in [0.25, 0.3) is 0 Å². The molecule has 17 heavy (non-hydrogen) atoms. The predicted molar refractivity (Wildman–Crippen MR) is 71.5 cm³/mol. The van der Waals surface area contributed by atoms with E-state index in [9.17, 15) is 0 Å². The zero-order valence-electron chi connectivity index (χ0n) is 10.7. The minimum absolute atomic E-state index is 0.0467. The van der Waals surface area contributed by atoms with Crippen molar-refractivity contribution in [2.45, 2.75) is 25.8 Å². The van der Waals surface area contributed by atoms with Crippen molar-refractivity contribution in [1.82, 2.24) is 4.57 Å². The van der Waals surface area contributed by atoms with E-state index in [0.29, 0.717) is 6.54 Å². The molecule has 1 aromatic carbocycles. The molecule has 0 bridgehead atoms. The molecule has 0 fully saturated rings. The average molecular weight is 232 g/mol. The quantitative estimate of drug-likeness (QED) is 0.880. The van der Waals surface area contributed by atoms with Crippen LogP contribution in [0, 0.1) is 0 Å². The van der Waals surface area contributed by atoms with E-state index in [-0.39, 0.29) is 5.54 Å². The first-order valence-electron chi connectivity index (χ1n) is 5.94. The Labute approximate surface area is 102 Å². The van der Waals surface area contributed by atoms with Gasteiger partial charge in [-0.3, -0.25) is 0 Å². The number of methoxy groups -OCH3 is 1. The SMILES string of the molecule is COc1ccc2c(ccn2C(C)(C)CCN)c1. The third-order valence-electron chi connectivity index (χ3n) is 3.31. The normalized spacial score (nSPS) is 12.0. The van der Waals surface area contributed by atoms with Gasteiger partial charge in [0.05, 0.1) is 7.11 Å². The van der Waals surface area contributed by atoms with E-state index in [2.05, 4.69) is 42.8 Å². The van der Waals surface area contributed by atoms with Crippen molar-refractivity contribution in [3.63, 3.8) is 0 Å². The predicted octanol–water partition coefficient (Wildman–Crippen LogP) is 2.73. The lowest BCUT2D eigenvalue weighted by Gasteiger charge is -2.27. The summed E-state index contributed by atoms with van der Waals surface area (Å²) in [7, 11) is 1.69. The van der Waals surface area contributed by atoms with Crippen LogP contribution in [0.15, 0.2) is 30.5 Å². The second kappa shape index (κ2) is 4.41. The molecule has 3 heteroatoms. The fourth-order valence-electron chi connectivity index (χ4n) is 2.25. The average Bonchev–Trinajstić information content (AvgIpc) is 2.72. The molecule has 0 radical (unpaired) electrons. The fraction of sp³-hybridized carbons (Fsp3) is 0.429. The molecular formula is C14H20N2O. The Balaban J connectivity index is 2.49. The van der Waals surface area contributed by atoms with Gasteiger partial charge < -0.3 is 15.0 Å². The summed E-state index contributed by atoms with van der Waals surface area (Å²) in [6.07, 6.45) is 3.09. The zero-order chi connectivity index (χ0) is 12.5. The Bertz CT molecular complexity index is 514. The second-order valence-corrected chi connectivity index (χ2v) is 4.96. The van der Waals surface area contributed by atoms with E-state index < -0.39 is 0 Å². The molecule has 2 N–H and O–H groups in total. The number of ether oxygens (including phenoxy) is 1. The van der Waals surface area contributed by atoms with Crippen LogP contribution in [0.4, 0.5) is 0 Å². The van der Waals surface area contributed by atoms with Crippen molar-refractivity contribution < 1.29 is 4.74 Å². The van der Waals surface area contributed by atoms with Crippen LogP contribution in [0.25, 0.3) is 10.9 Å². The van der Waals surface area contributed by atoms with Crippen LogP contribution in [-0.4, -0.2) is 18.2 Å². The maximum absolute atomic E-state index is 5.68. The molecule has 0 saturated heterocycles. The molecule has 0 amide bonds. The lowest BCUT2D eigenvalue weighted by molar-refractivity contribution is 0.344. The van der Waals surface area contributed by atoms with Crippen LogP contribution in [0.5, 0.6) is 5.75 Å². The van der Waals surface area contributed by atoms with Gasteiger partial charge in [-0.25, -0.2) is 0 Å². The number of hydrogen-bond acceptors (Lipinski definition) is 2. The van der Waals surface area contributed by atoms with Gasteiger partial charge in [-0.15, -0.1) is 0 Å². The summed E-state index contributed by atoms with van der Waals surface area (Å²) >= 11 is 0. The molecule has 1 aromatic heterocycles. The minimum Gasteiger partial charge on any atom is -0.497 e. The number of fused-ring (bicyclic) bond motifs is 1. The minimum atomic E-state index is 0.0467. The maximum Gasteiger partial charge on any atom is 0.119 e. The number of hydrogen-bond donors (Lipinski definition) is 1. The largest absolute Gasteiger partial charge is 0.497 e. The molecule has 2 aromatic rings. The van der Waals surface area contributed by atoms with Crippen LogP contribution in [0.1, 0.15) is 20.3 Å². The topological polar surface area (TPSA) is 40.2 Å². The van der Waals surface area contributed by atoms with E-state index in [0.717, 1.165) is 12.2 Å². The second-order valence-electron chi connectivity index (χ2n) is 4.96. The molecule has 0 unspecified atom stereocenters. The van der Waals surface area contributed by atoms with Gasteiger partial charge in [0.1, 0.15) is 5.75 Å². The highest BCUT2D eigenvalue weighted by molar-refractivity contribution is 5.82. The van der Waals surface area contributed by atoms with Gasteiger partial charge in [0, 0.05) is 22.6 Å². The first kappa shape index (κ1) is 12.0. The highest BCUT2D eigenvalue weighted by Gasteiger charge is 2.20. The maximum atomic E-state index is 5.68. The van der Waals surface area contributed by atoms with Gasteiger partial charge in [-0.2, -0.15) is 0 Å². The van der Waals surface area contributed by atoms with Gasteiger partial charge in [0.2, 0.25) is 0 Å². The molecule has 0 atom stereocenters. The van der Waals surface area contributed by atoms with E-state index in [1.54, 1.807) is 7.11 Å². The van der Waals surface area contributed by atoms with Crippen LogP contribution in [-0.2, 0) is 5.54 Å². The summed E-state index contributed by atoms with van der Waals surface area (Å²) in [6, 6.07) is 8.28. The molecule has 0 aliphatic heterocycles. The molecule has 2 rings (SSSR count). The van der Waals surface area contributed by atoms with E-state index in [4.69, 9.17) is 10.5 Å². The number of aromatic nitrogens is 1. The highest BCUT2D eigenvalue weighted by atomic mass is 16.5. The molecule has 0 saturated carbocycles. The third-order valence-corrected chi connectivity index (χ3v) is 3.31. The first-order chi connectivity index (χ1) is 8.08. The van der Waals surface area contributed by atoms with Crippen molar-refractivity contribution in [2.24, 2.45) is 5.73 Å². The number of nitrogens with zero attached hydrogens (tertiary/aromatic N) is 1. The molecule has 0 aliphatic rings. The van der Waals surface area contributed by atoms with Crippen molar-refractivity contribution in [1.29, 1.82) is 0 Å². The van der Waals surface area contributed by atoms with E-state index >= 15 is 0 Å². The molecule has 0 spiro atoms. The summed E-state index contributed by atoms with van der Waals surface area (Å²) < 4.78 is 7.52. The summed E-state index contributed by atoms with van der Waals surface area (Å²) in [4.78, 5) is 0. The number of nitrogens with two attached hydrogens (primary N) is 1. The van der Waals surface area contributed by atoms with Crippen molar-refractivity contribution in [3.05, 3.63) is 30.5 Å².